The summed E-state index contributed by atoms with van der Waals surface area (Å²) in [5, 5.41) is 18.5. The molecule has 0 aliphatic carbocycles. The summed E-state index contributed by atoms with van der Waals surface area (Å²) < 4.78 is 1.63. The third kappa shape index (κ3) is 2.02. The van der Waals surface area contributed by atoms with Crippen molar-refractivity contribution in [1.82, 2.24) is 15.0 Å². The molecule has 0 atom stereocenters. The van der Waals surface area contributed by atoms with Gasteiger partial charge < -0.3 is 5.73 Å². The van der Waals surface area contributed by atoms with Gasteiger partial charge in [-0.2, -0.15) is 0 Å². The first kappa shape index (κ1) is 12.0. The van der Waals surface area contributed by atoms with E-state index in [0.29, 0.717) is 17.9 Å². The van der Waals surface area contributed by atoms with E-state index in [1.165, 1.54) is 6.07 Å². The van der Waals surface area contributed by atoms with E-state index in [4.69, 9.17) is 5.73 Å². The first-order chi connectivity index (χ1) is 8.50. The Hall–Kier alpha value is -2.44. The highest BCUT2D eigenvalue weighted by Crippen LogP contribution is 2.22. The number of hydrogen-bond acceptors (Lipinski definition) is 5. The summed E-state index contributed by atoms with van der Waals surface area (Å²) in [7, 11) is 0. The van der Waals surface area contributed by atoms with Crippen LogP contribution in [0.15, 0.2) is 18.2 Å². The highest BCUT2D eigenvalue weighted by Gasteiger charge is 2.14. The number of rotatable bonds is 3. The summed E-state index contributed by atoms with van der Waals surface area (Å²) in [6.45, 7) is 3.95. The Labute approximate surface area is 103 Å². The Morgan fingerprint density at radius 2 is 2.17 bits per heavy atom. The van der Waals surface area contributed by atoms with Crippen LogP contribution in [0.4, 0.5) is 11.5 Å². The number of nitrogen functional groups attached to an aromatic ring is 1. The molecule has 2 aromatic rings. The minimum atomic E-state index is -0.388. The van der Waals surface area contributed by atoms with Gasteiger partial charge in [0.2, 0.25) is 0 Å². The maximum atomic E-state index is 10.8. The second kappa shape index (κ2) is 4.44. The second-order valence-electron chi connectivity index (χ2n) is 4.04. The van der Waals surface area contributed by atoms with E-state index in [0.717, 1.165) is 11.3 Å². The highest BCUT2D eigenvalue weighted by atomic mass is 16.6. The Morgan fingerprint density at radius 3 is 2.72 bits per heavy atom. The number of aromatic nitrogens is 3. The first-order valence-electron chi connectivity index (χ1n) is 5.39. The third-order valence-electron chi connectivity index (χ3n) is 2.95. The molecule has 1 aromatic heterocycles. The summed E-state index contributed by atoms with van der Waals surface area (Å²) >= 11 is 0. The van der Waals surface area contributed by atoms with Gasteiger partial charge in [0.15, 0.2) is 5.82 Å². The number of anilines is 1. The molecule has 0 aliphatic heterocycles. The Kier molecular flexibility index (Phi) is 2.97. The molecule has 0 fully saturated rings. The zero-order valence-corrected chi connectivity index (χ0v) is 10.1. The lowest BCUT2D eigenvalue weighted by molar-refractivity contribution is -0.385. The van der Waals surface area contributed by atoms with E-state index in [2.05, 4.69) is 10.3 Å². The first-order valence-corrected chi connectivity index (χ1v) is 5.39. The van der Waals surface area contributed by atoms with Gasteiger partial charge in [-0.05, 0) is 19.4 Å². The quantitative estimate of drug-likeness (QED) is 0.653. The summed E-state index contributed by atoms with van der Waals surface area (Å²) in [6.07, 6.45) is 0. The van der Waals surface area contributed by atoms with Gasteiger partial charge >= 0.3 is 0 Å². The molecule has 7 nitrogen and oxygen atoms in total. The SMILES string of the molecule is Cc1c(Cn2nnc(N)c2C)cccc1[N+](=O)[O-]. The topological polar surface area (TPSA) is 99.9 Å². The van der Waals surface area contributed by atoms with Crippen molar-refractivity contribution in [2.24, 2.45) is 0 Å². The van der Waals surface area contributed by atoms with Crippen LogP contribution in [-0.4, -0.2) is 19.9 Å². The number of hydrogen-bond donors (Lipinski definition) is 1. The van der Waals surface area contributed by atoms with Crippen LogP contribution in [0.2, 0.25) is 0 Å². The number of nitrogens with two attached hydrogens (primary N) is 1. The Morgan fingerprint density at radius 1 is 1.44 bits per heavy atom. The molecular formula is C11H13N5O2. The maximum absolute atomic E-state index is 10.8. The number of nitrogens with zero attached hydrogens (tertiary/aromatic N) is 4. The minimum Gasteiger partial charge on any atom is -0.381 e. The van der Waals surface area contributed by atoms with Gasteiger partial charge in [0.25, 0.3) is 5.69 Å². The van der Waals surface area contributed by atoms with Crippen molar-refractivity contribution in [3.63, 3.8) is 0 Å². The van der Waals surface area contributed by atoms with E-state index >= 15 is 0 Å². The molecule has 0 bridgehead atoms. The molecule has 0 radical (unpaired) electrons. The van der Waals surface area contributed by atoms with Crippen molar-refractivity contribution < 1.29 is 4.92 Å². The maximum Gasteiger partial charge on any atom is 0.272 e. The third-order valence-corrected chi connectivity index (χ3v) is 2.95. The van der Waals surface area contributed by atoms with Gasteiger partial charge in [0, 0.05) is 11.6 Å². The summed E-state index contributed by atoms with van der Waals surface area (Å²) in [4.78, 5) is 10.5. The molecule has 1 aromatic carbocycles. The van der Waals surface area contributed by atoms with Gasteiger partial charge in [-0.3, -0.25) is 10.1 Å². The summed E-state index contributed by atoms with van der Waals surface area (Å²) in [5.74, 6) is 0.373. The molecule has 0 unspecified atom stereocenters. The highest BCUT2D eigenvalue weighted by molar-refractivity contribution is 5.44. The van der Waals surface area contributed by atoms with E-state index in [9.17, 15) is 10.1 Å². The molecule has 0 saturated heterocycles. The molecule has 7 heteroatoms. The molecule has 2 N–H and O–H groups in total. The van der Waals surface area contributed by atoms with Crippen LogP contribution in [0.1, 0.15) is 16.8 Å². The smallest absolute Gasteiger partial charge is 0.272 e. The molecule has 0 amide bonds. The lowest BCUT2D eigenvalue weighted by Gasteiger charge is -2.07. The summed E-state index contributed by atoms with van der Waals surface area (Å²) in [6, 6.07) is 4.98. The fourth-order valence-electron chi connectivity index (χ4n) is 1.72. The standard InChI is InChI=1S/C11H13N5O2/c1-7-9(4-3-5-10(7)16(17)18)6-15-8(2)11(12)13-14-15/h3-5H,6,12H2,1-2H3. The monoisotopic (exact) mass is 247 g/mol. The number of nitro benzene ring substituents is 1. The summed E-state index contributed by atoms with van der Waals surface area (Å²) in [5.41, 5.74) is 7.93. The molecule has 2 rings (SSSR count). The fraction of sp³-hybridized carbons (Fsp3) is 0.273. The predicted molar refractivity (Wildman–Crippen MR) is 66.1 cm³/mol. The van der Waals surface area contributed by atoms with Crippen LogP contribution in [0.5, 0.6) is 0 Å². The average Bonchev–Trinajstić information content (AvgIpc) is 2.63. The van der Waals surface area contributed by atoms with Crippen molar-refractivity contribution in [3.05, 3.63) is 45.1 Å². The van der Waals surface area contributed by atoms with E-state index in [1.54, 1.807) is 17.7 Å². The molecule has 94 valence electrons. The van der Waals surface area contributed by atoms with Crippen molar-refractivity contribution in [3.8, 4) is 0 Å². The molecule has 0 spiro atoms. The number of nitro groups is 1. The van der Waals surface area contributed by atoms with Gasteiger partial charge in [-0.15, -0.1) is 5.10 Å². The molecule has 18 heavy (non-hydrogen) atoms. The van der Waals surface area contributed by atoms with Gasteiger partial charge in [0.05, 0.1) is 17.2 Å². The Balaban J connectivity index is 2.38. The lowest BCUT2D eigenvalue weighted by Crippen LogP contribution is -2.07. The van der Waals surface area contributed by atoms with Crippen molar-refractivity contribution >= 4 is 11.5 Å². The van der Waals surface area contributed by atoms with E-state index in [-0.39, 0.29) is 10.6 Å². The molecule has 0 saturated carbocycles. The normalized spacial score (nSPS) is 10.6. The van der Waals surface area contributed by atoms with Crippen molar-refractivity contribution in [1.29, 1.82) is 0 Å². The van der Waals surface area contributed by atoms with Gasteiger partial charge in [0.1, 0.15) is 0 Å². The average molecular weight is 247 g/mol. The van der Waals surface area contributed by atoms with Crippen LogP contribution >= 0.6 is 0 Å². The van der Waals surface area contributed by atoms with E-state index in [1.807, 2.05) is 13.0 Å². The van der Waals surface area contributed by atoms with Crippen LogP contribution < -0.4 is 5.73 Å². The minimum absolute atomic E-state index is 0.109. The van der Waals surface area contributed by atoms with Crippen LogP contribution in [0.25, 0.3) is 0 Å². The van der Waals surface area contributed by atoms with Crippen LogP contribution in [0, 0.1) is 24.0 Å². The predicted octanol–water partition coefficient (Wildman–Crippen LogP) is 1.43. The van der Waals surface area contributed by atoms with Crippen LogP contribution in [0.3, 0.4) is 0 Å². The second-order valence-corrected chi connectivity index (χ2v) is 4.04. The van der Waals surface area contributed by atoms with Crippen molar-refractivity contribution in [2.75, 3.05) is 5.73 Å². The number of benzene rings is 1. The van der Waals surface area contributed by atoms with Crippen molar-refractivity contribution in [2.45, 2.75) is 20.4 Å². The zero-order valence-electron chi connectivity index (χ0n) is 10.1. The van der Waals surface area contributed by atoms with Gasteiger partial charge in [-0.1, -0.05) is 17.3 Å². The van der Waals surface area contributed by atoms with Gasteiger partial charge in [-0.25, -0.2) is 4.68 Å². The van der Waals surface area contributed by atoms with Crippen LogP contribution in [-0.2, 0) is 6.54 Å². The Bertz CT molecular complexity index is 605. The molecule has 1 heterocycles. The molecular weight excluding hydrogens is 234 g/mol. The van der Waals surface area contributed by atoms with E-state index < -0.39 is 0 Å². The largest absolute Gasteiger partial charge is 0.381 e. The zero-order chi connectivity index (χ0) is 13.3. The molecule has 0 aliphatic rings. The fourth-order valence-corrected chi connectivity index (χ4v) is 1.72. The lowest BCUT2D eigenvalue weighted by atomic mass is 10.1.